The van der Waals surface area contributed by atoms with Crippen LogP contribution in [0.1, 0.15) is 33.6 Å². The first-order valence-corrected chi connectivity index (χ1v) is 7.75. The summed E-state index contributed by atoms with van der Waals surface area (Å²) in [6, 6.07) is 1.77. The van der Waals surface area contributed by atoms with Crippen molar-refractivity contribution in [2.75, 3.05) is 24.6 Å². The maximum atomic E-state index is 12.0. The van der Waals surface area contributed by atoms with Crippen molar-refractivity contribution in [3.05, 3.63) is 18.5 Å². The lowest BCUT2D eigenvalue weighted by Gasteiger charge is -2.30. The number of ether oxygens (including phenoxy) is 2. The molecule has 0 unspecified atom stereocenters. The molecule has 0 aliphatic carbocycles. The first-order valence-electron chi connectivity index (χ1n) is 7.75. The summed E-state index contributed by atoms with van der Waals surface area (Å²) in [6.07, 6.45) is 4.71. The SMILES string of the molecule is CC(C)(C)OC(=O)COC(=O)C1CCN(c2ncccn2)CC1. The molecule has 1 saturated heterocycles. The topological polar surface area (TPSA) is 81.6 Å². The van der Waals surface area contributed by atoms with Gasteiger partial charge in [-0.15, -0.1) is 0 Å². The lowest BCUT2D eigenvalue weighted by atomic mass is 9.97. The van der Waals surface area contributed by atoms with Gasteiger partial charge in [0.15, 0.2) is 6.61 Å². The van der Waals surface area contributed by atoms with Gasteiger partial charge < -0.3 is 14.4 Å². The summed E-state index contributed by atoms with van der Waals surface area (Å²) in [7, 11) is 0. The summed E-state index contributed by atoms with van der Waals surface area (Å²) in [5.41, 5.74) is -0.579. The molecule has 1 aliphatic heterocycles. The smallest absolute Gasteiger partial charge is 0.344 e. The molecule has 0 saturated carbocycles. The third-order valence-corrected chi connectivity index (χ3v) is 3.42. The third kappa shape index (κ3) is 5.50. The number of rotatable bonds is 4. The van der Waals surface area contributed by atoms with Gasteiger partial charge in [-0.05, 0) is 39.7 Å². The normalized spacial score (nSPS) is 16.0. The predicted molar refractivity (Wildman–Crippen MR) is 83.8 cm³/mol. The van der Waals surface area contributed by atoms with Crippen LogP contribution >= 0.6 is 0 Å². The fourth-order valence-electron chi connectivity index (χ4n) is 2.39. The van der Waals surface area contributed by atoms with Crippen molar-refractivity contribution in [2.45, 2.75) is 39.2 Å². The molecule has 7 nitrogen and oxygen atoms in total. The summed E-state index contributed by atoms with van der Waals surface area (Å²) >= 11 is 0. The van der Waals surface area contributed by atoms with E-state index < -0.39 is 11.6 Å². The number of anilines is 1. The number of carbonyl (C=O) groups is 2. The number of aromatic nitrogens is 2. The molecule has 1 aromatic heterocycles. The molecule has 0 radical (unpaired) electrons. The quantitative estimate of drug-likeness (QED) is 0.779. The first-order chi connectivity index (χ1) is 10.8. The van der Waals surface area contributed by atoms with Crippen LogP contribution in [0.2, 0.25) is 0 Å². The molecular formula is C16H23N3O4. The van der Waals surface area contributed by atoms with Gasteiger partial charge in [-0.25, -0.2) is 14.8 Å². The summed E-state index contributed by atoms with van der Waals surface area (Å²) in [5.74, 6) is -0.393. The molecule has 1 aromatic rings. The minimum atomic E-state index is -0.579. The predicted octanol–water partition coefficient (Wildman–Crippen LogP) is 1.58. The largest absolute Gasteiger partial charge is 0.457 e. The van der Waals surface area contributed by atoms with E-state index >= 15 is 0 Å². The monoisotopic (exact) mass is 321 g/mol. The van der Waals surface area contributed by atoms with Gasteiger partial charge in [-0.1, -0.05) is 0 Å². The highest BCUT2D eigenvalue weighted by Gasteiger charge is 2.28. The maximum absolute atomic E-state index is 12.0. The zero-order valence-electron chi connectivity index (χ0n) is 13.8. The molecule has 7 heteroatoms. The van der Waals surface area contributed by atoms with Crippen molar-refractivity contribution >= 4 is 17.9 Å². The van der Waals surface area contributed by atoms with Crippen LogP contribution in [0.3, 0.4) is 0 Å². The fourth-order valence-corrected chi connectivity index (χ4v) is 2.39. The Balaban J connectivity index is 1.74. The molecule has 23 heavy (non-hydrogen) atoms. The Kier molecular flexibility index (Phi) is 5.52. The molecular weight excluding hydrogens is 298 g/mol. The zero-order valence-corrected chi connectivity index (χ0v) is 13.8. The molecule has 126 valence electrons. The molecule has 0 N–H and O–H groups in total. The maximum Gasteiger partial charge on any atom is 0.344 e. The van der Waals surface area contributed by atoms with Crippen LogP contribution in [0.25, 0.3) is 0 Å². The Morgan fingerprint density at radius 3 is 2.39 bits per heavy atom. The second kappa shape index (κ2) is 7.39. The van der Waals surface area contributed by atoms with Crippen molar-refractivity contribution in [1.29, 1.82) is 0 Å². The van der Waals surface area contributed by atoms with Crippen molar-refractivity contribution in [1.82, 2.24) is 9.97 Å². The van der Waals surface area contributed by atoms with Gasteiger partial charge in [0.05, 0.1) is 5.92 Å². The van der Waals surface area contributed by atoms with Gasteiger partial charge in [0.2, 0.25) is 5.95 Å². The lowest BCUT2D eigenvalue weighted by molar-refractivity contribution is -0.168. The van der Waals surface area contributed by atoms with Crippen molar-refractivity contribution in [3.8, 4) is 0 Å². The van der Waals surface area contributed by atoms with Crippen LogP contribution in [0.5, 0.6) is 0 Å². The number of piperidine rings is 1. The van der Waals surface area contributed by atoms with E-state index in [0.717, 1.165) is 0 Å². The van der Waals surface area contributed by atoms with E-state index in [4.69, 9.17) is 9.47 Å². The van der Waals surface area contributed by atoms with Crippen LogP contribution in [-0.2, 0) is 19.1 Å². The summed E-state index contributed by atoms with van der Waals surface area (Å²) < 4.78 is 10.2. The third-order valence-electron chi connectivity index (χ3n) is 3.42. The molecule has 0 spiro atoms. The van der Waals surface area contributed by atoms with Gasteiger partial charge in [0, 0.05) is 25.5 Å². The van der Waals surface area contributed by atoms with Crippen LogP contribution < -0.4 is 4.90 Å². The fraction of sp³-hybridized carbons (Fsp3) is 0.625. The second-order valence-electron chi connectivity index (χ2n) is 6.50. The van der Waals surface area contributed by atoms with E-state index in [1.807, 2.05) is 4.90 Å². The van der Waals surface area contributed by atoms with Crippen LogP contribution in [-0.4, -0.2) is 47.2 Å². The molecule has 0 amide bonds. The zero-order chi connectivity index (χ0) is 16.9. The van der Waals surface area contributed by atoms with E-state index in [-0.39, 0.29) is 18.5 Å². The lowest BCUT2D eigenvalue weighted by Crippen LogP contribution is -2.38. The Morgan fingerprint density at radius 1 is 1.22 bits per heavy atom. The Hall–Kier alpha value is -2.18. The highest BCUT2D eigenvalue weighted by Crippen LogP contribution is 2.21. The summed E-state index contributed by atoms with van der Waals surface area (Å²) in [5, 5.41) is 0. The number of carbonyl (C=O) groups excluding carboxylic acids is 2. The van der Waals surface area contributed by atoms with Gasteiger partial charge in [-0.3, -0.25) is 4.79 Å². The minimum absolute atomic E-state index is 0.197. The standard InChI is InChI=1S/C16H23N3O4/c1-16(2,3)23-13(20)11-22-14(21)12-5-9-19(10-6-12)15-17-7-4-8-18-15/h4,7-8,12H,5-6,9-11H2,1-3H3. The average Bonchev–Trinajstić information content (AvgIpc) is 2.52. The van der Waals surface area contributed by atoms with Crippen molar-refractivity contribution < 1.29 is 19.1 Å². The van der Waals surface area contributed by atoms with E-state index in [9.17, 15) is 9.59 Å². The highest BCUT2D eigenvalue weighted by atomic mass is 16.6. The Labute approximate surface area is 136 Å². The van der Waals surface area contributed by atoms with Gasteiger partial charge in [-0.2, -0.15) is 0 Å². The Morgan fingerprint density at radius 2 is 1.83 bits per heavy atom. The summed E-state index contributed by atoms with van der Waals surface area (Å²) in [4.78, 5) is 34.0. The number of hydrogen-bond acceptors (Lipinski definition) is 7. The highest BCUT2D eigenvalue weighted by molar-refractivity contribution is 5.78. The number of esters is 2. The molecule has 2 rings (SSSR count). The van der Waals surface area contributed by atoms with Crippen LogP contribution in [0.4, 0.5) is 5.95 Å². The summed E-state index contributed by atoms with van der Waals surface area (Å²) in [6.45, 7) is 6.36. The van der Waals surface area contributed by atoms with E-state index in [2.05, 4.69) is 9.97 Å². The molecule has 1 fully saturated rings. The molecule has 2 heterocycles. The van der Waals surface area contributed by atoms with Gasteiger partial charge >= 0.3 is 11.9 Å². The minimum Gasteiger partial charge on any atom is -0.457 e. The number of nitrogens with zero attached hydrogens (tertiary/aromatic N) is 3. The van der Waals surface area contributed by atoms with Crippen LogP contribution in [0, 0.1) is 5.92 Å². The van der Waals surface area contributed by atoms with E-state index in [1.54, 1.807) is 39.2 Å². The molecule has 0 atom stereocenters. The van der Waals surface area contributed by atoms with Gasteiger partial charge in [0.1, 0.15) is 5.60 Å². The van der Waals surface area contributed by atoms with Gasteiger partial charge in [0.25, 0.3) is 0 Å². The van der Waals surface area contributed by atoms with Crippen molar-refractivity contribution in [3.63, 3.8) is 0 Å². The van der Waals surface area contributed by atoms with E-state index in [0.29, 0.717) is 31.9 Å². The molecule has 1 aliphatic rings. The molecule has 0 aromatic carbocycles. The number of hydrogen-bond donors (Lipinski definition) is 0. The second-order valence-corrected chi connectivity index (χ2v) is 6.50. The Bertz CT molecular complexity index is 534. The first kappa shape index (κ1) is 17.2. The molecule has 0 bridgehead atoms. The van der Waals surface area contributed by atoms with Crippen molar-refractivity contribution in [2.24, 2.45) is 5.92 Å². The average molecular weight is 321 g/mol. The van der Waals surface area contributed by atoms with E-state index in [1.165, 1.54) is 0 Å². The van der Waals surface area contributed by atoms with Crippen LogP contribution in [0.15, 0.2) is 18.5 Å².